The van der Waals surface area contributed by atoms with E-state index in [1.807, 2.05) is 72.8 Å². The van der Waals surface area contributed by atoms with E-state index in [0.29, 0.717) is 66.1 Å². The van der Waals surface area contributed by atoms with Crippen LogP contribution in [-0.4, -0.2) is 81.3 Å². The second kappa shape index (κ2) is 25.0. The molecule has 7 aromatic carbocycles. The van der Waals surface area contributed by atoms with E-state index in [2.05, 4.69) is 84.9 Å². The van der Waals surface area contributed by atoms with Gasteiger partial charge in [0.05, 0.1) is 81.3 Å². The standard InChI is InChI=1S/C56H58O10/c1-57-51-13-5-43(6-14-51)47-33-41(34-48(37-47)44-7-15-52(58-2)16-8-44)39-63-27-25-61-29-31-65-55-21-23-56(24-22-55)66-32-30-62-26-28-64-40-42-35-49(45-9-17-53(59-3)18-10-45)38-50(36-42)46-11-19-54(60-4)20-12-46/h5-24,33-38H,25-32,39-40H2,1-4H3. The summed E-state index contributed by atoms with van der Waals surface area (Å²) in [6.45, 7) is 4.47. The number of hydrogen-bond acceptors (Lipinski definition) is 10. The van der Waals surface area contributed by atoms with E-state index in [0.717, 1.165) is 90.1 Å². The van der Waals surface area contributed by atoms with E-state index in [9.17, 15) is 0 Å². The molecule has 10 nitrogen and oxygen atoms in total. The second-order valence-corrected chi connectivity index (χ2v) is 15.2. The number of hydrogen-bond donors (Lipinski definition) is 0. The molecule has 0 fully saturated rings. The van der Waals surface area contributed by atoms with Crippen molar-refractivity contribution in [2.24, 2.45) is 0 Å². The summed E-state index contributed by atoms with van der Waals surface area (Å²) in [6.07, 6.45) is 0. The monoisotopic (exact) mass is 890 g/mol. The largest absolute Gasteiger partial charge is 0.497 e. The van der Waals surface area contributed by atoms with Crippen LogP contribution in [0.15, 0.2) is 158 Å². The minimum absolute atomic E-state index is 0.420. The van der Waals surface area contributed by atoms with Crippen molar-refractivity contribution in [1.29, 1.82) is 0 Å². The first kappa shape index (κ1) is 47.2. The molecule has 0 saturated carbocycles. The van der Waals surface area contributed by atoms with Crippen LogP contribution in [0.4, 0.5) is 0 Å². The van der Waals surface area contributed by atoms with Crippen LogP contribution in [0.25, 0.3) is 44.5 Å². The van der Waals surface area contributed by atoms with Gasteiger partial charge < -0.3 is 47.4 Å². The summed E-state index contributed by atoms with van der Waals surface area (Å²) in [4.78, 5) is 0. The van der Waals surface area contributed by atoms with Crippen molar-refractivity contribution in [1.82, 2.24) is 0 Å². The molecule has 0 saturated heterocycles. The maximum atomic E-state index is 6.04. The normalized spacial score (nSPS) is 11.0. The van der Waals surface area contributed by atoms with Crippen LogP contribution >= 0.6 is 0 Å². The van der Waals surface area contributed by atoms with Crippen LogP contribution in [0.3, 0.4) is 0 Å². The predicted molar refractivity (Wildman–Crippen MR) is 259 cm³/mol. The Morgan fingerprint density at radius 2 is 0.485 bits per heavy atom. The third-order valence-electron chi connectivity index (χ3n) is 10.8. The molecule has 0 aliphatic rings. The highest BCUT2D eigenvalue weighted by Gasteiger charge is 2.10. The lowest BCUT2D eigenvalue weighted by Gasteiger charge is -2.13. The topological polar surface area (TPSA) is 92.3 Å². The summed E-state index contributed by atoms with van der Waals surface area (Å²) in [5.41, 5.74) is 11.0. The Morgan fingerprint density at radius 1 is 0.242 bits per heavy atom. The van der Waals surface area contributed by atoms with E-state index >= 15 is 0 Å². The minimum atomic E-state index is 0.420. The van der Waals surface area contributed by atoms with Crippen molar-refractivity contribution >= 4 is 0 Å². The molecule has 0 atom stereocenters. The molecule has 0 N–H and O–H groups in total. The molecule has 342 valence electrons. The zero-order chi connectivity index (χ0) is 45.8. The summed E-state index contributed by atoms with van der Waals surface area (Å²) in [5.74, 6) is 4.76. The first-order valence-electron chi connectivity index (χ1n) is 22.0. The number of methoxy groups -OCH3 is 4. The zero-order valence-electron chi connectivity index (χ0n) is 38.2. The minimum Gasteiger partial charge on any atom is -0.497 e. The molecule has 66 heavy (non-hydrogen) atoms. The van der Waals surface area contributed by atoms with Crippen molar-refractivity contribution in [3.05, 3.63) is 169 Å². The Morgan fingerprint density at radius 3 is 0.758 bits per heavy atom. The quantitative estimate of drug-likeness (QED) is 0.0489. The second-order valence-electron chi connectivity index (χ2n) is 15.2. The number of ether oxygens (including phenoxy) is 10. The van der Waals surface area contributed by atoms with Gasteiger partial charge in [0.2, 0.25) is 0 Å². The molecule has 0 amide bonds. The van der Waals surface area contributed by atoms with Crippen LogP contribution in [0.2, 0.25) is 0 Å². The summed E-state index contributed by atoms with van der Waals surface area (Å²) < 4.78 is 56.9. The molecular formula is C56H58O10. The summed E-state index contributed by atoms with van der Waals surface area (Å²) >= 11 is 0. The SMILES string of the molecule is COc1ccc(-c2cc(COCCOCCOc3ccc(OCCOCCOCc4cc(-c5ccc(OC)cc5)cc(-c5ccc(OC)cc5)c4)cc3)cc(-c3ccc(OC)cc3)c2)cc1. The van der Waals surface area contributed by atoms with Crippen LogP contribution < -0.4 is 28.4 Å². The number of benzene rings is 7. The Hall–Kier alpha value is -6.82. The molecular weight excluding hydrogens is 833 g/mol. The molecule has 0 aromatic heterocycles. The fraction of sp³-hybridized carbons (Fsp3) is 0.250. The van der Waals surface area contributed by atoms with Gasteiger partial charge in [-0.05, 0) is 165 Å². The lowest BCUT2D eigenvalue weighted by Crippen LogP contribution is -2.11. The molecule has 0 heterocycles. The predicted octanol–water partition coefficient (Wildman–Crippen LogP) is 11.6. The highest BCUT2D eigenvalue weighted by atomic mass is 16.6. The fourth-order valence-corrected chi connectivity index (χ4v) is 7.24. The van der Waals surface area contributed by atoms with Gasteiger partial charge in [-0.3, -0.25) is 0 Å². The van der Waals surface area contributed by atoms with Crippen LogP contribution in [0.5, 0.6) is 34.5 Å². The molecule has 0 radical (unpaired) electrons. The third kappa shape index (κ3) is 14.1. The van der Waals surface area contributed by atoms with Gasteiger partial charge in [0.1, 0.15) is 47.7 Å². The molecule has 7 aromatic rings. The number of rotatable bonds is 26. The Bertz CT molecular complexity index is 2190. The van der Waals surface area contributed by atoms with Crippen molar-refractivity contribution in [2.45, 2.75) is 13.2 Å². The molecule has 10 heteroatoms. The molecule has 0 bridgehead atoms. The third-order valence-corrected chi connectivity index (χ3v) is 10.8. The van der Waals surface area contributed by atoms with Crippen molar-refractivity contribution in [3.63, 3.8) is 0 Å². The van der Waals surface area contributed by atoms with Crippen molar-refractivity contribution < 1.29 is 47.4 Å². The molecule has 7 rings (SSSR count). The van der Waals surface area contributed by atoms with Gasteiger partial charge in [0.25, 0.3) is 0 Å². The van der Waals surface area contributed by atoms with Crippen LogP contribution in [0, 0.1) is 0 Å². The lowest BCUT2D eigenvalue weighted by molar-refractivity contribution is 0.0300. The highest BCUT2D eigenvalue weighted by Crippen LogP contribution is 2.33. The van der Waals surface area contributed by atoms with E-state index in [-0.39, 0.29) is 0 Å². The maximum absolute atomic E-state index is 6.04. The van der Waals surface area contributed by atoms with Crippen LogP contribution in [0.1, 0.15) is 11.1 Å². The van der Waals surface area contributed by atoms with E-state index < -0.39 is 0 Å². The highest BCUT2D eigenvalue weighted by molar-refractivity contribution is 5.76. The van der Waals surface area contributed by atoms with Gasteiger partial charge in [0.15, 0.2) is 0 Å². The fourth-order valence-electron chi connectivity index (χ4n) is 7.24. The Balaban J connectivity index is 0.770. The Labute approximate surface area is 388 Å². The molecule has 0 unspecified atom stereocenters. The smallest absolute Gasteiger partial charge is 0.119 e. The summed E-state index contributed by atoms with van der Waals surface area (Å²) in [5, 5.41) is 0. The summed E-state index contributed by atoms with van der Waals surface area (Å²) in [6, 6.07) is 52.9. The maximum Gasteiger partial charge on any atom is 0.119 e. The van der Waals surface area contributed by atoms with Gasteiger partial charge in [-0.2, -0.15) is 0 Å². The van der Waals surface area contributed by atoms with Gasteiger partial charge in [-0.1, -0.05) is 48.5 Å². The van der Waals surface area contributed by atoms with E-state index in [1.165, 1.54) is 0 Å². The van der Waals surface area contributed by atoms with Gasteiger partial charge in [-0.15, -0.1) is 0 Å². The zero-order valence-corrected chi connectivity index (χ0v) is 38.2. The van der Waals surface area contributed by atoms with Gasteiger partial charge in [-0.25, -0.2) is 0 Å². The van der Waals surface area contributed by atoms with Gasteiger partial charge in [0, 0.05) is 0 Å². The first-order chi connectivity index (χ1) is 32.5. The van der Waals surface area contributed by atoms with Crippen molar-refractivity contribution in [3.8, 4) is 79.0 Å². The average molecular weight is 891 g/mol. The van der Waals surface area contributed by atoms with Crippen molar-refractivity contribution in [2.75, 3.05) is 81.3 Å². The Kier molecular flexibility index (Phi) is 17.9. The molecule has 0 aliphatic heterocycles. The van der Waals surface area contributed by atoms with Crippen LogP contribution in [-0.2, 0) is 32.2 Å². The first-order valence-corrected chi connectivity index (χ1v) is 22.0. The molecule has 0 aliphatic carbocycles. The van der Waals surface area contributed by atoms with E-state index in [4.69, 9.17) is 47.4 Å². The average Bonchev–Trinajstić information content (AvgIpc) is 3.38. The van der Waals surface area contributed by atoms with E-state index in [1.54, 1.807) is 28.4 Å². The summed E-state index contributed by atoms with van der Waals surface area (Å²) in [7, 11) is 6.69. The molecule has 0 spiro atoms. The lowest BCUT2D eigenvalue weighted by atomic mass is 9.96. The van der Waals surface area contributed by atoms with Gasteiger partial charge >= 0.3 is 0 Å².